The predicted molar refractivity (Wildman–Crippen MR) is 87.4 cm³/mol. The molecule has 1 atom stereocenters. The Balaban J connectivity index is 1.62. The largest absolute Gasteiger partial charge is 0.486 e. The third-order valence-electron chi connectivity index (χ3n) is 3.54. The molecule has 0 saturated carbocycles. The van der Waals surface area contributed by atoms with Crippen LogP contribution >= 0.6 is 0 Å². The highest BCUT2D eigenvalue weighted by Crippen LogP contribution is 2.31. The molecule has 2 aromatic carbocycles. The van der Waals surface area contributed by atoms with Gasteiger partial charge < -0.3 is 14.2 Å². The van der Waals surface area contributed by atoms with Crippen molar-refractivity contribution in [2.75, 3.05) is 13.2 Å². The van der Waals surface area contributed by atoms with Crippen LogP contribution in [0.1, 0.15) is 24.2 Å². The first-order valence-electron chi connectivity index (χ1n) is 7.55. The zero-order valence-electron chi connectivity index (χ0n) is 12.9. The molecular formula is C19H18O4. The highest BCUT2D eigenvalue weighted by molar-refractivity contribution is 5.87. The average Bonchev–Trinajstić information content (AvgIpc) is 2.60. The van der Waals surface area contributed by atoms with Crippen LogP contribution in [-0.4, -0.2) is 19.2 Å². The van der Waals surface area contributed by atoms with Gasteiger partial charge in [-0.2, -0.15) is 0 Å². The fraction of sp³-hybridized carbons (Fsp3) is 0.211. The Bertz CT molecular complexity index is 707. The molecule has 0 aliphatic carbocycles. The molecule has 0 aromatic heterocycles. The monoisotopic (exact) mass is 310 g/mol. The van der Waals surface area contributed by atoms with E-state index in [2.05, 4.69) is 0 Å². The van der Waals surface area contributed by atoms with E-state index < -0.39 is 0 Å². The predicted octanol–water partition coefficient (Wildman–Crippen LogP) is 3.78. The van der Waals surface area contributed by atoms with Gasteiger partial charge in [0.05, 0.1) is 0 Å². The summed E-state index contributed by atoms with van der Waals surface area (Å²) in [6.07, 6.45) is 2.84. The molecule has 1 heterocycles. The summed E-state index contributed by atoms with van der Waals surface area (Å²) in [4.78, 5) is 11.9. The molecule has 118 valence electrons. The van der Waals surface area contributed by atoms with E-state index in [-0.39, 0.29) is 12.1 Å². The molecule has 4 nitrogen and oxygen atoms in total. The molecule has 0 saturated heterocycles. The van der Waals surface area contributed by atoms with Crippen LogP contribution in [0.4, 0.5) is 0 Å². The molecule has 1 aliphatic rings. The maximum Gasteiger partial charge on any atom is 0.331 e. The van der Waals surface area contributed by atoms with E-state index in [0.717, 1.165) is 16.9 Å². The molecule has 0 spiro atoms. The van der Waals surface area contributed by atoms with Gasteiger partial charge in [0.25, 0.3) is 0 Å². The summed E-state index contributed by atoms with van der Waals surface area (Å²) in [6.45, 7) is 2.95. The minimum absolute atomic E-state index is 0.284. The Kier molecular flexibility index (Phi) is 4.62. The number of fused-ring (bicyclic) bond motifs is 1. The number of carbonyl (C=O) groups excluding carboxylic acids is 1. The molecule has 0 N–H and O–H groups in total. The van der Waals surface area contributed by atoms with Gasteiger partial charge in [-0.25, -0.2) is 4.79 Å². The average molecular weight is 310 g/mol. The van der Waals surface area contributed by atoms with Gasteiger partial charge >= 0.3 is 5.97 Å². The summed E-state index contributed by atoms with van der Waals surface area (Å²) in [7, 11) is 0. The molecule has 2 aromatic rings. The zero-order chi connectivity index (χ0) is 16.1. The van der Waals surface area contributed by atoms with Gasteiger partial charge in [0.2, 0.25) is 0 Å². The summed E-state index contributed by atoms with van der Waals surface area (Å²) in [6, 6.07) is 15.2. The van der Waals surface area contributed by atoms with E-state index in [1.54, 1.807) is 6.08 Å². The van der Waals surface area contributed by atoms with Crippen LogP contribution in [0.2, 0.25) is 0 Å². The van der Waals surface area contributed by atoms with Crippen LogP contribution in [-0.2, 0) is 9.53 Å². The second-order valence-corrected chi connectivity index (χ2v) is 5.23. The van der Waals surface area contributed by atoms with Crippen molar-refractivity contribution in [1.29, 1.82) is 0 Å². The first kappa shape index (κ1) is 15.2. The van der Waals surface area contributed by atoms with Crippen molar-refractivity contribution in [3.8, 4) is 11.5 Å². The summed E-state index contributed by atoms with van der Waals surface area (Å²) < 4.78 is 16.4. The number of hydrogen-bond donors (Lipinski definition) is 0. The quantitative estimate of drug-likeness (QED) is 0.637. The number of rotatable bonds is 4. The Hall–Kier alpha value is -2.75. The highest BCUT2D eigenvalue weighted by atomic mass is 16.6. The Morgan fingerprint density at radius 3 is 2.61 bits per heavy atom. The molecule has 0 bridgehead atoms. The van der Waals surface area contributed by atoms with Gasteiger partial charge in [0, 0.05) is 6.08 Å². The fourth-order valence-electron chi connectivity index (χ4n) is 2.33. The summed E-state index contributed by atoms with van der Waals surface area (Å²) in [5.74, 6) is 1.05. The standard InChI is InChI=1S/C19H18O4/c1-14(16-5-3-2-4-6-16)23-19(20)10-8-15-7-9-17-18(13-15)22-12-11-21-17/h2-10,13-14H,11-12H2,1H3/b10-8+/t14-/m1/s1. The molecular weight excluding hydrogens is 292 g/mol. The number of hydrogen-bond acceptors (Lipinski definition) is 4. The molecule has 23 heavy (non-hydrogen) atoms. The van der Waals surface area contributed by atoms with Crippen molar-refractivity contribution in [2.45, 2.75) is 13.0 Å². The number of benzene rings is 2. The number of esters is 1. The molecule has 0 fully saturated rings. The molecule has 0 unspecified atom stereocenters. The van der Waals surface area contributed by atoms with Crippen molar-refractivity contribution < 1.29 is 19.0 Å². The first-order chi connectivity index (χ1) is 11.2. The van der Waals surface area contributed by atoms with Gasteiger partial charge in [0.15, 0.2) is 11.5 Å². The minimum atomic E-state index is -0.378. The Morgan fingerprint density at radius 1 is 1.09 bits per heavy atom. The van der Waals surface area contributed by atoms with E-state index in [9.17, 15) is 4.79 Å². The SMILES string of the molecule is C[C@@H](OC(=O)/C=C/c1ccc2c(c1)OCCO2)c1ccccc1. The summed E-state index contributed by atoms with van der Waals surface area (Å²) >= 11 is 0. The summed E-state index contributed by atoms with van der Waals surface area (Å²) in [5.41, 5.74) is 1.83. The van der Waals surface area contributed by atoms with Crippen LogP contribution in [0.5, 0.6) is 11.5 Å². The molecule has 4 heteroatoms. The van der Waals surface area contributed by atoms with Crippen molar-refractivity contribution in [3.05, 3.63) is 65.7 Å². The zero-order valence-corrected chi connectivity index (χ0v) is 12.9. The van der Waals surface area contributed by atoms with Gasteiger partial charge in [-0.3, -0.25) is 0 Å². The van der Waals surface area contributed by atoms with Crippen LogP contribution in [0.3, 0.4) is 0 Å². The van der Waals surface area contributed by atoms with Crippen molar-refractivity contribution in [2.24, 2.45) is 0 Å². The van der Waals surface area contributed by atoms with Gasteiger partial charge in [-0.05, 0) is 36.3 Å². The lowest BCUT2D eigenvalue weighted by Gasteiger charge is -2.18. The molecule has 1 aliphatic heterocycles. The van der Waals surface area contributed by atoms with Crippen molar-refractivity contribution in [3.63, 3.8) is 0 Å². The third-order valence-corrected chi connectivity index (χ3v) is 3.54. The Labute approximate surface area is 135 Å². The third kappa shape index (κ3) is 3.92. The number of carbonyl (C=O) groups is 1. The molecule has 0 radical (unpaired) electrons. The second-order valence-electron chi connectivity index (χ2n) is 5.23. The van der Waals surface area contributed by atoms with E-state index in [0.29, 0.717) is 19.0 Å². The lowest BCUT2D eigenvalue weighted by atomic mass is 10.1. The normalized spacial score (nSPS) is 14.5. The van der Waals surface area contributed by atoms with Crippen LogP contribution < -0.4 is 9.47 Å². The summed E-state index contributed by atoms with van der Waals surface area (Å²) in [5, 5.41) is 0. The van der Waals surface area contributed by atoms with Gasteiger partial charge in [0.1, 0.15) is 19.3 Å². The van der Waals surface area contributed by atoms with E-state index in [1.165, 1.54) is 6.08 Å². The maximum atomic E-state index is 11.9. The topological polar surface area (TPSA) is 44.8 Å². The van der Waals surface area contributed by atoms with Gasteiger partial charge in [-0.1, -0.05) is 36.4 Å². The smallest absolute Gasteiger partial charge is 0.331 e. The molecule has 3 rings (SSSR count). The maximum absolute atomic E-state index is 11.9. The first-order valence-corrected chi connectivity index (χ1v) is 7.55. The Morgan fingerprint density at radius 2 is 1.83 bits per heavy atom. The van der Waals surface area contributed by atoms with E-state index in [1.807, 2.05) is 55.5 Å². The van der Waals surface area contributed by atoms with E-state index in [4.69, 9.17) is 14.2 Å². The molecule has 0 amide bonds. The van der Waals surface area contributed by atoms with Crippen molar-refractivity contribution in [1.82, 2.24) is 0 Å². The van der Waals surface area contributed by atoms with Crippen LogP contribution in [0, 0.1) is 0 Å². The van der Waals surface area contributed by atoms with E-state index >= 15 is 0 Å². The lowest BCUT2D eigenvalue weighted by molar-refractivity contribution is -0.142. The second kappa shape index (κ2) is 7.01. The van der Waals surface area contributed by atoms with Crippen molar-refractivity contribution >= 4 is 12.0 Å². The van der Waals surface area contributed by atoms with Gasteiger partial charge in [-0.15, -0.1) is 0 Å². The number of ether oxygens (including phenoxy) is 3. The van der Waals surface area contributed by atoms with Crippen LogP contribution in [0.25, 0.3) is 6.08 Å². The minimum Gasteiger partial charge on any atom is -0.486 e. The lowest BCUT2D eigenvalue weighted by Crippen LogP contribution is -2.15. The van der Waals surface area contributed by atoms with Crippen LogP contribution in [0.15, 0.2) is 54.6 Å². The fourth-order valence-corrected chi connectivity index (χ4v) is 2.33. The highest BCUT2D eigenvalue weighted by Gasteiger charge is 2.11.